The van der Waals surface area contributed by atoms with Crippen molar-refractivity contribution >= 4 is 0 Å². The molecule has 24 heavy (non-hydrogen) atoms. The van der Waals surface area contributed by atoms with E-state index in [2.05, 4.69) is 47.9 Å². The van der Waals surface area contributed by atoms with Gasteiger partial charge in [-0.05, 0) is 43.9 Å². The number of piperazine rings is 1. The van der Waals surface area contributed by atoms with E-state index in [1.54, 1.807) is 0 Å². The predicted molar refractivity (Wildman–Crippen MR) is 99.4 cm³/mol. The molecule has 4 nitrogen and oxygen atoms in total. The van der Waals surface area contributed by atoms with Crippen LogP contribution in [0.15, 0.2) is 24.3 Å². The fraction of sp³-hybridized carbons (Fsp3) is 0.700. The van der Waals surface area contributed by atoms with Gasteiger partial charge in [-0.3, -0.25) is 9.80 Å². The first-order valence-corrected chi connectivity index (χ1v) is 9.30. The van der Waals surface area contributed by atoms with E-state index >= 15 is 0 Å². The number of aliphatic hydroxyl groups excluding tert-OH is 1. The largest absolute Gasteiger partial charge is 0.491 e. The van der Waals surface area contributed by atoms with E-state index in [9.17, 15) is 5.11 Å². The van der Waals surface area contributed by atoms with E-state index < -0.39 is 0 Å². The van der Waals surface area contributed by atoms with E-state index in [1.807, 2.05) is 13.8 Å². The zero-order chi connectivity index (χ0) is 17.5. The molecule has 0 saturated carbocycles. The summed E-state index contributed by atoms with van der Waals surface area (Å²) < 4.78 is 5.71. The number of rotatable bonds is 8. The molecular formula is C20H34N2O2. The Labute approximate surface area is 147 Å². The lowest BCUT2D eigenvalue weighted by Gasteiger charge is -2.42. The lowest BCUT2D eigenvalue weighted by atomic mass is 10.1. The summed E-state index contributed by atoms with van der Waals surface area (Å²) in [6, 6.07) is 8.93. The average Bonchev–Trinajstić information content (AvgIpc) is 2.51. The molecule has 1 saturated heterocycles. The molecule has 1 aliphatic heterocycles. The second-order valence-electron chi connectivity index (χ2n) is 7.60. The number of nitrogens with zero attached hydrogens (tertiary/aromatic N) is 2. The summed E-state index contributed by atoms with van der Waals surface area (Å²) in [6.45, 7) is 14.2. The number of hydrogen-bond donors (Lipinski definition) is 1. The number of ether oxygens (including phenoxy) is 1. The first-order chi connectivity index (χ1) is 11.5. The second kappa shape index (κ2) is 9.40. The highest BCUT2D eigenvalue weighted by molar-refractivity contribution is 5.27. The molecular weight excluding hydrogens is 300 g/mol. The van der Waals surface area contributed by atoms with Crippen LogP contribution in [0.4, 0.5) is 0 Å². The Kier molecular flexibility index (Phi) is 7.53. The maximum absolute atomic E-state index is 9.39. The van der Waals surface area contributed by atoms with Gasteiger partial charge in [0.2, 0.25) is 0 Å². The molecule has 0 unspecified atom stereocenters. The Balaban J connectivity index is 1.91. The minimum Gasteiger partial charge on any atom is -0.491 e. The van der Waals surface area contributed by atoms with E-state index in [0.717, 1.165) is 44.9 Å². The van der Waals surface area contributed by atoms with Crippen molar-refractivity contribution in [3.63, 3.8) is 0 Å². The van der Waals surface area contributed by atoms with Crippen molar-refractivity contribution in [2.24, 2.45) is 5.92 Å². The Morgan fingerprint density at radius 1 is 1.12 bits per heavy atom. The summed E-state index contributed by atoms with van der Waals surface area (Å²) in [5.74, 6) is 1.61. The fourth-order valence-corrected chi connectivity index (χ4v) is 3.44. The Morgan fingerprint density at radius 2 is 1.83 bits per heavy atom. The number of benzene rings is 1. The summed E-state index contributed by atoms with van der Waals surface area (Å²) in [6.07, 6.45) is 1.08. The summed E-state index contributed by atoms with van der Waals surface area (Å²) in [4.78, 5) is 5.06. The third-order valence-electron chi connectivity index (χ3n) is 4.45. The zero-order valence-electron chi connectivity index (χ0n) is 15.7. The van der Waals surface area contributed by atoms with E-state index in [-0.39, 0.29) is 12.7 Å². The highest BCUT2D eigenvalue weighted by Gasteiger charge is 2.26. The highest BCUT2D eigenvalue weighted by Crippen LogP contribution is 2.19. The van der Waals surface area contributed by atoms with Gasteiger partial charge in [-0.2, -0.15) is 0 Å². The molecule has 0 radical (unpaired) electrons. The molecule has 1 aliphatic rings. The summed E-state index contributed by atoms with van der Waals surface area (Å²) in [7, 11) is 0. The van der Waals surface area contributed by atoms with Crippen LogP contribution < -0.4 is 4.74 Å². The van der Waals surface area contributed by atoms with Crippen molar-refractivity contribution in [3.8, 4) is 5.75 Å². The van der Waals surface area contributed by atoms with Gasteiger partial charge in [0.25, 0.3) is 0 Å². The van der Waals surface area contributed by atoms with Crippen LogP contribution in [0.25, 0.3) is 0 Å². The monoisotopic (exact) mass is 334 g/mol. The van der Waals surface area contributed by atoms with Crippen molar-refractivity contribution in [3.05, 3.63) is 29.8 Å². The van der Waals surface area contributed by atoms with Gasteiger partial charge in [-0.25, -0.2) is 0 Å². The molecule has 0 aromatic heterocycles. The molecule has 136 valence electrons. The molecule has 4 heteroatoms. The van der Waals surface area contributed by atoms with Gasteiger partial charge in [-0.15, -0.1) is 0 Å². The van der Waals surface area contributed by atoms with Crippen LogP contribution in [-0.4, -0.2) is 59.8 Å². The minimum absolute atomic E-state index is 0.212. The maximum Gasteiger partial charge on any atom is 0.119 e. The molecule has 1 fully saturated rings. The lowest BCUT2D eigenvalue weighted by molar-refractivity contribution is 0.0477. The van der Waals surface area contributed by atoms with Crippen molar-refractivity contribution < 1.29 is 9.84 Å². The third kappa shape index (κ3) is 6.08. The van der Waals surface area contributed by atoms with Gasteiger partial charge >= 0.3 is 0 Å². The maximum atomic E-state index is 9.39. The standard InChI is InChI=1S/C20H34N2O2/c1-16(2)13-22-11-10-21(15-19(22)9-12-23)14-18-5-7-20(8-6-18)24-17(3)4/h5-8,16-17,19,23H,9-15H2,1-4H3/t19-/m0/s1. The van der Waals surface area contributed by atoms with E-state index in [0.29, 0.717) is 12.0 Å². The molecule has 1 atom stereocenters. The molecule has 1 aromatic rings. The molecule has 2 rings (SSSR count). The van der Waals surface area contributed by atoms with Crippen LogP contribution in [-0.2, 0) is 6.54 Å². The van der Waals surface area contributed by atoms with Crippen LogP contribution >= 0.6 is 0 Å². The molecule has 0 aliphatic carbocycles. The summed E-state index contributed by atoms with van der Waals surface area (Å²) in [5.41, 5.74) is 1.33. The van der Waals surface area contributed by atoms with E-state index in [1.165, 1.54) is 5.56 Å². The summed E-state index contributed by atoms with van der Waals surface area (Å²) >= 11 is 0. The van der Waals surface area contributed by atoms with Gasteiger partial charge in [0.1, 0.15) is 5.75 Å². The van der Waals surface area contributed by atoms with Gasteiger partial charge in [-0.1, -0.05) is 26.0 Å². The van der Waals surface area contributed by atoms with Crippen molar-refractivity contribution in [2.45, 2.75) is 52.8 Å². The van der Waals surface area contributed by atoms with Gasteiger partial charge in [0.15, 0.2) is 0 Å². The van der Waals surface area contributed by atoms with Crippen molar-refractivity contribution in [1.82, 2.24) is 9.80 Å². The lowest BCUT2D eigenvalue weighted by Crippen LogP contribution is -2.53. The fourth-order valence-electron chi connectivity index (χ4n) is 3.44. The molecule has 1 N–H and O–H groups in total. The molecule has 0 amide bonds. The molecule has 1 heterocycles. The van der Waals surface area contributed by atoms with Crippen LogP contribution in [0.2, 0.25) is 0 Å². The average molecular weight is 335 g/mol. The van der Waals surface area contributed by atoms with E-state index in [4.69, 9.17) is 4.74 Å². The van der Waals surface area contributed by atoms with Gasteiger partial charge in [0.05, 0.1) is 6.10 Å². The van der Waals surface area contributed by atoms with Gasteiger partial charge in [0, 0.05) is 45.4 Å². The van der Waals surface area contributed by atoms with Crippen LogP contribution in [0, 0.1) is 5.92 Å². The predicted octanol–water partition coefficient (Wildman–Crippen LogP) is 3.00. The quantitative estimate of drug-likeness (QED) is 0.793. The second-order valence-corrected chi connectivity index (χ2v) is 7.60. The normalized spacial score (nSPS) is 20.0. The topological polar surface area (TPSA) is 35.9 Å². The summed E-state index contributed by atoms with van der Waals surface area (Å²) in [5, 5.41) is 9.39. The SMILES string of the molecule is CC(C)CN1CCN(Cc2ccc(OC(C)C)cc2)C[C@@H]1CCO. The van der Waals surface area contributed by atoms with Crippen molar-refractivity contribution in [1.29, 1.82) is 0 Å². The molecule has 1 aromatic carbocycles. The first kappa shape index (κ1) is 19.2. The van der Waals surface area contributed by atoms with Crippen LogP contribution in [0.5, 0.6) is 5.75 Å². The van der Waals surface area contributed by atoms with Gasteiger partial charge < -0.3 is 9.84 Å². The Hall–Kier alpha value is -1.10. The first-order valence-electron chi connectivity index (χ1n) is 9.30. The number of aliphatic hydroxyl groups is 1. The Morgan fingerprint density at radius 3 is 2.42 bits per heavy atom. The molecule has 0 spiro atoms. The smallest absolute Gasteiger partial charge is 0.119 e. The molecule has 0 bridgehead atoms. The zero-order valence-corrected chi connectivity index (χ0v) is 15.7. The number of hydrogen-bond acceptors (Lipinski definition) is 4. The van der Waals surface area contributed by atoms with Crippen LogP contribution in [0.3, 0.4) is 0 Å². The third-order valence-corrected chi connectivity index (χ3v) is 4.45. The van der Waals surface area contributed by atoms with Crippen molar-refractivity contribution in [2.75, 3.05) is 32.8 Å². The Bertz CT molecular complexity index is 473. The minimum atomic E-state index is 0.212. The highest BCUT2D eigenvalue weighted by atomic mass is 16.5. The van der Waals surface area contributed by atoms with Crippen LogP contribution in [0.1, 0.15) is 39.7 Å².